The highest BCUT2D eigenvalue weighted by Gasteiger charge is 2.16. The van der Waals surface area contributed by atoms with Crippen LogP contribution in [0.2, 0.25) is 0 Å². The molecule has 0 aliphatic heterocycles. The molecule has 6 nitrogen and oxygen atoms in total. The van der Waals surface area contributed by atoms with Gasteiger partial charge in [-0.05, 0) is 12.3 Å². The first kappa shape index (κ1) is 13.9. The molecular weight excluding hydrogens is 260 g/mol. The standard InChI is InChI=1S/C9H16N4O2S2/c1-6(2)3-4-17(14,15)13-9-7(8(10)16)5-11-12-9/h5-6H,3-4H2,1-2H3,(H2,10,16)(H2,11,12,13). The average Bonchev–Trinajstić information content (AvgIpc) is 2.62. The number of nitrogens with two attached hydrogens (primary N) is 1. The van der Waals surface area contributed by atoms with Gasteiger partial charge in [-0.25, -0.2) is 8.42 Å². The fourth-order valence-electron chi connectivity index (χ4n) is 1.15. The molecule has 0 aliphatic carbocycles. The number of aromatic nitrogens is 2. The molecule has 0 spiro atoms. The van der Waals surface area contributed by atoms with E-state index in [1.54, 1.807) is 0 Å². The molecule has 0 amide bonds. The Morgan fingerprint density at radius 1 is 1.65 bits per heavy atom. The van der Waals surface area contributed by atoms with Gasteiger partial charge in [0, 0.05) is 0 Å². The maximum atomic E-state index is 11.7. The van der Waals surface area contributed by atoms with E-state index in [1.807, 2.05) is 13.8 Å². The first-order valence-corrected chi connectivity index (χ1v) is 7.21. The lowest BCUT2D eigenvalue weighted by Crippen LogP contribution is -2.20. The van der Waals surface area contributed by atoms with Gasteiger partial charge in [-0.1, -0.05) is 26.1 Å². The van der Waals surface area contributed by atoms with E-state index in [1.165, 1.54) is 6.20 Å². The van der Waals surface area contributed by atoms with Gasteiger partial charge in [0.25, 0.3) is 0 Å². The van der Waals surface area contributed by atoms with Crippen molar-refractivity contribution in [1.29, 1.82) is 0 Å². The summed E-state index contributed by atoms with van der Waals surface area (Å²) in [5, 5.41) is 6.23. The summed E-state index contributed by atoms with van der Waals surface area (Å²) in [6.07, 6.45) is 1.98. The minimum absolute atomic E-state index is 0.0560. The summed E-state index contributed by atoms with van der Waals surface area (Å²) in [5.41, 5.74) is 5.83. The summed E-state index contributed by atoms with van der Waals surface area (Å²) < 4.78 is 25.9. The van der Waals surface area contributed by atoms with Crippen LogP contribution >= 0.6 is 12.2 Å². The van der Waals surface area contributed by atoms with Crippen molar-refractivity contribution in [1.82, 2.24) is 10.2 Å². The molecule has 17 heavy (non-hydrogen) atoms. The Labute approximate surface area is 106 Å². The number of hydrogen-bond donors (Lipinski definition) is 3. The van der Waals surface area contributed by atoms with Crippen LogP contribution in [0.5, 0.6) is 0 Å². The summed E-state index contributed by atoms with van der Waals surface area (Å²) in [6.45, 7) is 3.93. The van der Waals surface area contributed by atoms with Gasteiger partial charge in [0.2, 0.25) is 10.0 Å². The molecule has 0 saturated heterocycles. The third kappa shape index (κ3) is 4.31. The number of H-pyrrole nitrogens is 1. The summed E-state index contributed by atoms with van der Waals surface area (Å²) >= 11 is 4.78. The zero-order valence-electron chi connectivity index (χ0n) is 9.73. The minimum atomic E-state index is -3.39. The molecule has 96 valence electrons. The highest BCUT2D eigenvalue weighted by molar-refractivity contribution is 7.92. The normalized spacial score (nSPS) is 11.7. The van der Waals surface area contributed by atoms with Gasteiger partial charge < -0.3 is 5.73 Å². The van der Waals surface area contributed by atoms with E-state index >= 15 is 0 Å². The van der Waals surface area contributed by atoms with Crippen molar-refractivity contribution in [2.45, 2.75) is 20.3 Å². The molecule has 0 aromatic carbocycles. The predicted molar refractivity (Wildman–Crippen MR) is 71.3 cm³/mol. The van der Waals surface area contributed by atoms with Crippen molar-refractivity contribution in [3.05, 3.63) is 11.8 Å². The lowest BCUT2D eigenvalue weighted by molar-refractivity contribution is 0.577. The van der Waals surface area contributed by atoms with Gasteiger partial charge in [-0.3, -0.25) is 9.82 Å². The van der Waals surface area contributed by atoms with E-state index in [0.717, 1.165) is 0 Å². The van der Waals surface area contributed by atoms with E-state index in [2.05, 4.69) is 14.9 Å². The van der Waals surface area contributed by atoms with E-state index in [4.69, 9.17) is 18.0 Å². The highest BCUT2D eigenvalue weighted by atomic mass is 32.2. The summed E-state index contributed by atoms with van der Waals surface area (Å²) in [7, 11) is -3.39. The quantitative estimate of drug-likeness (QED) is 0.668. The van der Waals surface area contributed by atoms with Crippen LogP contribution < -0.4 is 10.5 Å². The Morgan fingerprint density at radius 2 is 2.29 bits per heavy atom. The number of hydrogen-bond acceptors (Lipinski definition) is 4. The van der Waals surface area contributed by atoms with E-state index in [9.17, 15) is 8.42 Å². The van der Waals surface area contributed by atoms with Crippen LogP contribution in [0, 0.1) is 5.92 Å². The summed E-state index contributed by atoms with van der Waals surface area (Å²) in [6, 6.07) is 0. The van der Waals surface area contributed by atoms with Crippen LogP contribution in [0.15, 0.2) is 6.20 Å². The third-order valence-corrected chi connectivity index (χ3v) is 3.63. The first-order chi connectivity index (χ1) is 7.82. The number of thiocarbonyl (C=S) groups is 1. The second-order valence-corrected chi connectivity index (χ2v) is 6.41. The van der Waals surface area contributed by atoms with Crippen LogP contribution in [-0.4, -0.2) is 29.4 Å². The molecule has 1 aromatic heterocycles. The molecule has 8 heteroatoms. The van der Waals surface area contributed by atoms with Crippen LogP contribution in [-0.2, 0) is 10.0 Å². The van der Waals surface area contributed by atoms with Crippen molar-refractivity contribution in [3.8, 4) is 0 Å². The average molecular weight is 276 g/mol. The molecule has 1 aromatic rings. The Bertz CT molecular complexity index is 493. The molecule has 0 radical (unpaired) electrons. The second-order valence-electron chi connectivity index (χ2n) is 4.13. The van der Waals surface area contributed by atoms with Crippen molar-refractivity contribution in [3.63, 3.8) is 0 Å². The molecule has 0 saturated carbocycles. The second kappa shape index (κ2) is 5.46. The fraction of sp³-hybridized carbons (Fsp3) is 0.556. The van der Waals surface area contributed by atoms with Crippen LogP contribution in [0.4, 0.5) is 5.82 Å². The topological polar surface area (TPSA) is 101 Å². The Morgan fingerprint density at radius 3 is 2.82 bits per heavy atom. The summed E-state index contributed by atoms with van der Waals surface area (Å²) in [5.74, 6) is 0.602. The SMILES string of the molecule is CC(C)CCS(=O)(=O)Nc1[nH]ncc1C(N)=S. The Balaban J connectivity index is 2.76. The molecular formula is C9H16N4O2S2. The maximum Gasteiger partial charge on any atom is 0.233 e. The smallest absolute Gasteiger partial charge is 0.233 e. The van der Waals surface area contributed by atoms with Crippen molar-refractivity contribution >= 4 is 33.0 Å². The lowest BCUT2D eigenvalue weighted by Gasteiger charge is -2.08. The van der Waals surface area contributed by atoms with E-state index < -0.39 is 10.0 Å². The largest absolute Gasteiger partial charge is 0.389 e. The van der Waals surface area contributed by atoms with Crippen molar-refractivity contribution in [2.75, 3.05) is 10.5 Å². The fourth-order valence-corrected chi connectivity index (χ4v) is 2.65. The molecule has 4 N–H and O–H groups in total. The van der Waals surface area contributed by atoms with Crippen LogP contribution in [0.1, 0.15) is 25.8 Å². The van der Waals surface area contributed by atoms with Gasteiger partial charge >= 0.3 is 0 Å². The molecule has 0 unspecified atom stereocenters. The summed E-state index contributed by atoms with van der Waals surface area (Å²) in [4.78, 5) is 0.0975. The van der Waals surface area contributed by atoms with Crippen molar-refractivity contribution < 1.29 is 8.42 Å². The molecule has 0 aliphatic rings. The first-order valence-electron chi connectivity index (χ1n) is 5.15. The molecule has 0 atom stereocenters. The maximum absolute atomic E-state index is 11.7. The van der Waals surface area contributed by atoms with Crippen LogP contribution in [0.25, 0.3) is 0 Å². The molecule has 0 fully saturated rings. The monoisotopic (exact) mass is 276 g/mol. The third-order valence-electron chi connectivity index (χ3n) is 2.13. The van der Waals surface area contributed by atoms with Gasteiger partial charge in [0.15, 0.2) is 0 Å². The highest BCUT2D eigenvalue weighted by Crippen LogP contribution is 2.13. The zero-order valence-corrected chi connectivity index (χ0v) is 11.4. The minimum Gasteiger partial charge on any atom is -0.389 e. The number of nitrogens with zero attached hydrogens (tertiary/aromatic N) is 1. The number of nitrogens with one attached hydrogen (secondary N) is 2. The van der Waals surface area contributed by atoms with Gasteiger partial charge in [0.1, 0.15) is 10.8 Å². The van der Waals surface area contributed by atoms with Gasteiger partial charge in [-0.15, -0.1) is 0 Å². The van der Waals surface area contributed by atoms with Gasteiger partial charge in [0.05, 0.1) is 17.5 Å². The number of rotatable bonds is 6. The van der Waals surface area contributed by atoms with Crippen molar-refractivity contribution in [2.24, 2.45) is 11.7 Å². The van der Waals surface area contributed by atoms with Crippen LogP contribution in [0.3, 0.4) is 0 Å². The molecule has 1 rings (SSSR count). The Hall–Kier alpha value is -1.15. The number of aromatic amines is 1. The number of sulfonamides is 1. The molecule has 0 bridgehead atoms. The number of anilines is 1. The molecule has 1 heterocycles. The van der Waals surface area contributed by atoms with E-state index in [-0.39, 0.29) is 16.6 Å². The zero-order chi connectivity index (χ0) is 13.1. The Kier molecular flexibility index (Phi) is 4.47. The predicted octanol–water partition coefficient (Wildman–Crippen LogP) is 0.832. The van der Waals surface area contributed by atoms with E-state index in [0.29, 0.717) is 17.9 Å². The lowest BCUT2D eigenvalue weighted by atomic mass is 10.2. The van der Waals surface area contributed by atoms with Gasteiger partial charge in [-0.2, -0.15) is 5.10 Å².